The normalized spacial score (nSPS) is 13.5. The van der Waals surface area contributed by atoms with Crippen molar-refractivity contribution in [3.05, 3.63) is 59.7 Å². The van der Waals surface area contributed by atoms with Crippen molar-refractivity contribution in [2.75, 3.05) is 0 Å². The summed E-state index contributed by atoms with van der Waals surface area (Å²) in [6.45, 7) is 5.44. The first kappa shape index (κ1) is 22.8. The summed E-state index contributed by atoms with van der Waals surface area (Å²) >= 11 is 0. The first-order valence-corrected chi connectivity index (χ1v) is 9.31. The van der Waals surface area contributed by atoms with Gasteiger partial charge in [0, 0.05) is 5.56 Å². The number of hydrogen-bond donors (Lipinski definition) is 0. The van der Waals surface area contributed by atoms with Crippen LogP contribution in [-0.4, -0.2) is 17.5 Å². The molecule has 0 radical (unpaired) electrons. The minimum atomic E-state index is -4.61. The van der Waals surface area contributed by atoms with Crippen LogP contribution in [0.25, 0.3) is 0 Å². The zero-order valence-corrected chi connectivity index (χ0v) is 16.2. The van der Waals surface area contributed by atoms with E-state index in [2.05, 4.69) is 0 Å². The van der Waals surface area contributed by atoms with Gasteiger partial charge >= 0.3 is 24.8 Å². The molecule has 0 saturated carbocycles. The molecule has 0 aliphatic rings. The molecule has 7 heteroatoms. The van der Waals surface area contributed by atoms with Crippen LogP contribution < -0.4 is 28.9 Å². The number of aryl methyl sites for hydroxylation is 1. The van der Waals surface area contributed by atoms with Crippen molar-refractivity contribution in [1.82, 2.24) is 0 Å². The maximum absolute atomic E-state index is 13.7. The standard InChI is InChI=1S/C19H20F3O2P.Li.H/c1-4-14(3)24-16-10-11-17(13(2)12-16)25(19(20,21)22)18(23)15-8-6-5-7-9-15;;/h5-12,14H,4H2,1-3H3;;/q;+1;-1. The van der Waals surface area contributed by atoms with Gasteiger partial charge in [-0.3, -0.25) is 4.79 Å². The average Bonchev–Trinajstić information content (AvgIpc) is 2.56. The molecular formula is C19H21F3LiO2P. The van der Waals surface area contributed by atoms with Gasteiger partial charge in [-0.2, -0.15) is 13.2 Å². The molecule has 0 aliphatic heterocycles. The third-order valence-electron chi connectivity index (χ3n) is 3.80. The largest absolute Gasteiger partial charge is 1.00 e. The number of ether oxygens (including phenoxy) is 1. The molecule has 26 heavy (non-hydrogen) atoms. The molecule has 0 fully saturated rings. The van der Waals surface area contributed by atoms with Crippen LogP contribution in [0.1, 0.15) is 37.6 Å². The van der Waals surface area contributed by atoms with E-state index in [1.54, 1.807) is 31.2 Å². The zero-order valence-electron chi connectivity index (χ0n) is 16.3. The summed E-state index contributed by atoms with van der Waals surface area (Å²) in [4.78, 5) is 12.5. The Labute approximate surface area is 166 Å². The second-order valence-corrected chi connectivity index (χ2v) is 7.83. The van der Waals surface area contributed by atoms with Crippen LogP contribution in [-0.2, 0) is 0 Å². The fourth-order valence-electron chi connectivity index (χ4n) is 2.34. The van der Waals surface area contributed by atoms with Gasteiger partial charge in [-0.15, -0.1) is 0 Å². The van der Waals surface area contributed by atoms with Crippen molar-refractivity contribution >= 4 is 18.8 Å². The number of rotatable bonds is 6. The van der Waals surface area contributed by atoms with E-state index in [9.17, 15) is 18.0 Å². The Hall–Kier alpha value is -1.27. The molecule has 2 aromatic rings. The maximum Gasteiger partial charge on any atom is 1.00 e. The van der Waals surface area contributed by atoms with Gasteiger partial charge in [0.05, 0.1) is 6.10 Å². The van der Waals surface area contributed by atoms with Crippen molar-refractivity contribution in [3.8, 4) is 5.75 Å². The number of carbonyl (C=O) groups excluding carboxylic acids is 1. The zero-order chi connectivity index (χ0) is 18.6. The summed E-state index contributed by atoms with van der Waals surface area (Å²) < 4.78 is 46.6. The molecule has 0 heterocycles. The third-order valence-corrected chi connectivity index (χ3v) is 5.95. The summed E-state index contributed by atoms with van der Waals surface area (Å²) in [5, 5.41) is 0.0212. The van der Waals surface area contributed by atoms with Gasteiger partial charge in [-0.25, -0.2) is 0 Å². The van der Waals surface area contributed by atoms with Crippen LogP contribution in [0.15, 0.2) is 48.5 Å². The fourth-order valence-corrected chi connectivity index (χ4v) is 4.11. The molecule has 2 atom stereocenters. The molecule has 2 rings (SSSR count). The second kappa shape index (κ2) is 9.60. The van der Waals surface area contributed by atoms with Crippen LogP contribution in [0.3, 0.4) is 0 Å². The summed E-state index contributed by atoms with van der Waals surface area (Å²) in [5.41, 5.74) is -0.402. The topological polar surface area (TPSA) is 26.3 Å². The molecular weight excluding hydrogens is 355 g/mol. The maximum atomic E-state index is 13.7. The molecule has 0 aliphatic carbocycles. The number of benzene rings is 2. The second-order valence-electron chi connectivity index (χ2n) is 5.76. The van der Waals surface area contributed by atoms with E-state index in [1.807, 2.05) is 13.8 Å². The first-order chi connectivity index (χ1) is 11.7. The van der Waals surface area contributed by atoms with Crippen molar-refractivity contribution < 1.29 is 43.0 Å². The van der Waals surface area contributed by atoms with E-state index >= 15 is 0 Å². The number of carbonyl (C=O) groups is 1. The van der Waals surface area contributed by atoms with Gasteiger partial charge in [-0.1, -0.05) is 37.3 Å². The summed E-state index contributed by atoms with van der Waals surface area (Å²) in [6, 6.07) is 12.1. The molecule has 2 unspecified atom stereocenters. The van der Waals surface area contributed by atoms with Crippen LogP contribution in [0.5, 0.6) is 5.75 Å². The van der Waals surface area contributed by atoms with Crippen molar-refractivity contribution in [2.45, 2.75) is 39.2 Å². The predicted molar refractivity (Wildman–Crippen MR) is 96.1 cm³/mol. The minimum Gasteiger partial charge on any atom is -1.00 e. The number of hydrogen-bond acceptors (Lipinski definition) is 2. The average molecular weight is 376 g/mol. The van der Waals surface area contributed by atoms with Crippen LogP contribution in [0.4, 0.5) is 13.2 Å². The Morgan fingerprint density at radius 2 is 1.81 bits per heavy atom. The van der Waals surface area contributed by atoms with E-state index in [1.165, 1.54) is 24.3 Å². The number of alkyl halides is 3. The molecule has 0 saturated heterocycles. The molecule has 136 valence electrons. The van der Waals surface area contributed by atoms with E-state index < -0.39 is 19.4 Å². The summed E-state index contributed by atoms with van der Waals surface area (Å²) in [6.07, 6.45) is 0.767. The van der Waals surface area contributed by atoms with E-state index in [0.29, 0.717) is 11.3 Å². The van der Waals surface area contributed by atoms with Gasteiger partial charge in [0.25, 0.3) is 0 Å². The molecule has 0 aromatic heterocycles. The van der Waals surface area contributed by atoms with Gasteiger partial charge in [0.2, 0.25) is 0 Å². The van der Waals surface area contributed by atoms with Crippen LogP contribution >= 0.6 is 7.92 Å². The molecule has 0 amide bonds. The molecule has 0 bridgehead atoms. The Kier molecular flexibility index (Phi) is 8.41. The van der Waals surface area contributed by atoms with Gasteiger partial charge < -0.3 is 6.16 Å². The molecule has 2 nitrogen and oxygen atoms in total. The molecule has 2 aromatic carbocycles. The monoisotopic (exact) mass is 376 g/mol. The van der Waals surface area contributed by atoms with E-state index in [-0.39, 0.29) is 37.3 Å². The Balaban J connectivity index is 0.00000338. The first-order valence-electron chi connectivity index (χ1n) is 7.97. The van der Waals surface area contributed by atoms with E-state index in [4.69, 9.17) is 4.74 Å². The van der Waals surface area contributed by atoms with Crippen molar-refractivity contribution in [1.29, 1.82) is 0 Å². The van der Waals surface area contributed by atoms with E-state index in [0.717, 1.165) is 6.42 Å². The van der Waals surface area contributed by atoms with Crippen molar-refractivity contribution in [3.63, 3.8) is 0 Å². The molecule has 0 N–H and O–H groups in total. The van der Waals surface area contributed by atoms with Crippen LogP contribution in [0, 0.1) is 6.92 Å². The van der Waals surface area contributed by atoms with Gasteiger partial charge in [0.1, 0.15) is 13.7 Å². The smallest absolute Gasteiger partial charge is 1.00 e. The minimum absolute atomic E-state index is 0. The summed E-state index contributed by atoms with van der Waals surface area (Å²) in [7, 11) is -2.99. The Morgan fingerprint density at radius 1 is 1.19 bits per heavy atom. The summed E-state index contributed by atoms with van der Waals surface area (Å²) in [5.74, 6) is -4.09. The van der Waals surface area contributed by atoms with Gasteiger partial charge in [-0.05, 0) is 49.3 Å². The Morgan fingerprint density at radius 3 is 2.31 bits per heavy atom. The van der Waals surface area contributed by atoms with Gasteiger partial charge in [0.15, 0.2) is 5.52 Å². The van der Waals surface area contributed by atoms with Crippen molar-refractivity contribution in [2.24, 2.45) is 0 Å². The quantitative estimate of drug-likeness (QED) is 0.573. The fraction of sp³-hybridized carbons (Fsp3) is 0.316. The Bertz CT molecular complexity index is 741. The third kappa shape index (κ3) is 5.61. The van der Waals surface area contributed by atoms with Crippen LogP contribution in [0.2, 0.25) is 0 Å². The number of halogens is 3. The SMILES string of the molecule is CCC(C)Oc1ccc(P(C(=O)c2ccccc2)C(F)(F)F)c(C)c1.[H-].[Li+]. The predicted octanol–water partition coefficient (Wildman–Crippen LogP) is 2.76. The molecule has 0 spiro atoms.